The second-order valence-corrected chi connectivity index (χ2v) is 13.0. The molecule has 0 aromatic rings. The Kier molecular flexibility index (Phi) is 33.1. The minimum Gasteiger partial charge on any atom is -0.854 e. The van der Waals surface area contributed by atoms with Gasteiger partial charge in [-0.3, -0.25) is 0 Å². The molecule has 2 saturated carbocycles. The number of aliphatic hydroxyl groups excluding tert-OH is 4. The molecule has 6 unspecified atom stereocenters. The van der Waals surface area contributed by atoms with Crippen molar-refractivity contribution in [2.24, 2.45) is 17.8 Å². The molecule has 2 aliphatic rings. The molecule has 16 atom stereocenters. The van der Waals surface area contributed by atoms with E-state index < -0.39 is 186 Å². The zero-order valence-corrected chi connectivity index (χ0v) is 40.9. The summed E-state index contributed by atoms with van der Waals surface area (Å²) in [6.07, 6.45) is -16.0. The standard InChI is InChI=1S/2C15H24N2O10.3Hf/c18-4-6(8(20)5-19)1-7-13(25)11(16-2-9(21)22)15(27)12(14(7)26)17-3-10(23)24;18-4-7(8(20)5-19)17-12-14(26)6(1-2-9(21)22)13(25)11(15(12)27)16-3-10(23)24;;;/h2*6-8,11-17,19-20H,1-5H2,(H,21,22)(H,23,24);;;/q2*-4;3*+4/p-4/t6?,7?,8?,11-,12+,13-,14+,15?;6-,7?,8?,11+,12-,13+,14-,15+;;;/m.0.../s1. The van der Waals surface area contributed by atoms with Gasteiger partial charge in [0.05, 0.1) is 43.3 Å². The molecule has 2 rings (SSSR count). The Hall–Kier alpha value is -0.150. The monoisotopic (exact) mass is 1320 g/mol. The van der Waals surface area contributed by atoms with E-state index in [0.29, 0.717) is 0 Å². The van der Waals surface area contributed by atoms with Gasteiger partial charge in [-0.05, 0) is 49.3 Å². The first-order valence-corrected chi connectivity index (χ1v) is 16.7. The molecule has 0 aliphatic heterocycles. The third-order valence-electron chi connectivity index (χ3n) is 9.41. The van der Waals surface area contributed by atoms with Gasteiger partial charge in [0.25, 0.3) is 0 Å². The Labute approximate surface area is 383 Å². The molecule has 0 spiro atoms. The molecule has 0 heterocycles. The third kappa shape index (κ3) is 19.2. The molecule has 0 bridgehead atoms. The topological polar surface area (TPSA) is 474 Å². The van der Waals surface area contributed by atoms with Gasteiger partial charge in [0.2, 0.25) is 0 Å². The van der Waals surface area contributed by atoms with E-state index in [9.17, 15) is 90.7 Å². The molecule has 8 N–H and O–H groups in total. The van der Waals surface area contributed by atoms with Gasteiger partial charge < -0.3 is 122 Å². The van der Waals surface area contributed by atoms with Crippen molar-refractivity contribution in [1.29, 1.82) is 0 Å². The van der Waals surface area contributed by atoms with Crippen molar-refractivity contribution in [1.82, 2.24) is 21.3 Å². The fraction of sp³-hybridized carbons (Fsp3) is 0.867. The number of carbonyl (C=O) groups excluding carboxylic acids is 4. The van der Waals surface area contributed by atoms with Crippen LogP contribution in [-0.2, 0) is 96.7 Å². The number of nitrogens with one attached hydrogen (secondary N) is 4. The number of aliphatic hydroxyl groups is 4. The van der Waals surface area contributed by atoms with E-state index in [1.54, 1.807) is 0 Å². The number of rotatable bonds is 22. The van der Waals surface area contributed by atoms with Crippen LogP contribution in [0.15, 0.2) is 0 Å². The maximum atomic E-state index is 12.6. The molecule has 57 heavy (non-hydrogen) atoms. The number of carbonyl (C=O) groups is 4. The molecule has 0 radical (unpaired) electrons. The quantitative estimate of drug-likeness (QED) is 0.0467. The Bertz CT molecular complexity index is 1030. The first-order valence-electron chi connectivity index (χ1n) is 16.7. The van der Waals surface area contributed by atoms with Crippen molar-refractivity contribution in [3.05, 3.63) is 0 Å². The van der Waals surface area contributed by atoms with Crippen molar-refractivity contribution < 1.29 is 178 Å². The maximum absolute atomic E-state index is 12.6. The molecular formula is C30H44Hf3N4O20. The van der Waals surface area contributed by atoms with Crippen LogP contribution < -0.4 is 82.5 Å². The molecule has 0 aromatic carbocycles. The van der Waals surface area contributed by atoms with Crippen LogP contribution in [0.3, 0.4) is 0 Å². The molecular weight excluding hydrogens is 1270 g/mol. The molecule has 27 heteroatoms. The van der Waals surface area contributed by atoms with Crippen LogP contribution in [0.25, 0.3) is 0 Å². The van der Waals surface area contributed by atoms with E-state index >= 15 is 0 Å². The van der Waals surface area contributed by atoms with E-state index in [4.69, 9.17) is 10.2 Å². The second kappa shape index (κ2) is 30.8. The molecule has 0 amide bonds. The Morgan fingerprint density at radius 2 is 0.895 bits per heavy atom. The van der Waals surface area contributed by atoms with Crippen LogP contribution in [0.2, 0.25) is 0 Å². The zero-order chi connectivity index (χ0) is 41.4. The summed E-state index contributed by atoms with van der Waals surface area (Å²) >= 11 is 0. The van der Waals surface area contributed by atoms with Gasteiger partial charge >= 0.3 is 77.5 Å². The van der Waals surface area contributed by atoms with Gasteiger partial charge in [0.15, 0.2) is 0 Å². The summed E-state index contributed by atoms with van der Waals surface area (Å²) in [5, 5.41) is 186. The normalized spacial score (nSPS) is 31.6. The summed E-state index contributed by atoms with van der Waals surface area (Å²) in [5.41, 5.74) is 0. The molecule has 0 aromatic heterocycles. The van der Waals surface area contributed by atoms with E-state index in [2.05, 4.69) is 21.3 Å². The van der Waals surface area contributed by atoms with Crippen LogP contribution in [0.1, 0.15) is 19.3 Å². The number of aliphatic carboxylic acids is 4. The summed E-state index contributed by atoms with van der Waals surface area (Å²) in [6.45, 7) is -5.98. The van der Waals surface area contributed by atoms with Gasteiger partial charge in [-0.2, -0.15) is 0 Å². The van der Waals surface area contributed by atoms with Gasteiger partial charge in [-0.25, -0.2) is 0 Å². The molecule has 2 aliphatic carbocycles. The summed E-state index contributed by atoms with van der Waals surface area (Å²) in [5.74, 6) is -10.2. The van der Waals surface area contributed by atoms with E-state index in [0.717, 1.165) is 0 Å². The van der Waals surface area contributed by atoms with E-state index in [1.807, 2.05) is 0 Å². The Balaban J connectivity index is -0.000000972. The van der Waals surface area contributed by atoms with Crippen LogP contribution in [-0.4, -0.2) is 169 Å². The van der Waals surface area contributed by atoms with Gasteiger partial charge in [-0.15, -0.1) is 37.6 Å². The fourth-order valence-electron chi connectivity index (χ4n) is 6.48. The van der Waals surface area contributed by atoms with Crippen molar-refractivity contribution in [2.45, 2.75) is 98.3 Å². The minimum absolute atomic E-state index is 0. The predicted octanol–water partition coefficient (Wildman–Crippen LogP) is -20.0. The number of hydrogen-bond acceptors (Lipinski definition) is 24. The first kappa shape index (κ1) is 61.2. The van der Waals surface area contributed by atoms with Gasteiger partial charge in [0, 0.05) is 31.6 Å². The number of hydrogen-bond donors (Lipinski definition) is 8. The van der Waals surface area contributed by atoms with Crippen LogP contribution in [0.4, 0.5) is 0 Å². The largest absolute Gasteiger partial charge is 4.00 e. The maximum Gasteiger partial charge on any atom is 4.00 e. The average molecular weight is 1320 g/mol. The van der Waals surface area contributed by atoms with Gasteiger partial charge in [-0.1, -0.05) is 24.0 Å². The summed E-state index contributed by atoms with van der Waals surface area (Å²) < 4.78 is 0. The second-order valence-electron chi connectivity index (χ2n) is 13.0. The minimum atomic E-state index is -1.98. The number of carboxylic acids is 4. The fourth-order valence-corrected chi connectivity index (χ4v) is 6.48. The van der Waals surface area contributed by atoms with Crippen molar-refractivity contribution in [3.8, 4) is 0 Å². The number of carboxylic acid groups (broad SMARTS) is 4. The third-order valence-corrected chi connectivity index (χ3v) is 9.41. The van der Waals surface area contributed by atoms with Gasteiger partial charge in [0.1, 0.15) is 0 Å². The zero-order valence-electron chi connectivity index (χ0n) is 30.1. The van der Waals surface area contributed by atoms with E-state index in [-0.39, 0.29) is 77.5 Å². The summed E-state index contributed by atoms with van der Waals surface area (Å²) in [6, 6.07) is -7.62. The Morgan fingerprint density at radius 1 is 0.526 bits per heavy atom. The molecule has 0 saturated heterocycles. The Morgan fingerprint density at radius 3 is 1.23 bits per heavy atom. The van der Waals surface area contributed by atoms with Crippen molar-refractivity contribution in [3.63, 3.8) is 0 Å². The predicted molar refractivity (Wildman–Crippen MR) is 149 cm³/mol. The van der Waals surface area contributed by atoms with Crippen LogP contribution in [0, 0.1) is 17.8 Å². The molecule has 316 valence electrons. The first-order chi connectivity index (χ1) is 25.3. The molecule has 2 fully saturated rings. The molecule has 24 nitrogen and oxygen atoms in total. The average Bonchev–Trinajstić information content (AvgIpc) is 3.10. The van der Waals surface area contributed by atoms with Crippen LogP contribution in [0.5, 0.6) is 0 Å². The van der Waals surface area contributed by atoms with Crippen molar-refractivity contribution >= 4 is 23.9 Å². The van der Waals surface area contributed by atoms with E-state index in [1.165, 1.54) is 0 Å². The summed E-state index contributed by atoms with van der Waals surface area (Å²) in [7, 11) is 0. The van der Waals surface area contributed by atoms with Crippen LogP contribution >= 0.6 is 0 Å². The smallest absolute Gasteiger partial charge is 0.854 e. The summed E-state index contributed by atoms with van der Waals surface area (Å²) in [4.78, 5) is 42.5. The van der Waals surface area contributed by atoms with Crippen molar-refractivity contribution in [2.75, 3.05) is 46.1 Å². The SMILES string of the molecule is O=C([O-])CC[C@H]1[C@@H]([O-])[C@@H](NCC(=O)[O-])[C@@H]([O-])[C@@H](NC(C[O-])C(O)CO)[C@H]1[O-].O=C([O-])CN[C@@H]1C([O-])[C@H](NCC(=O)[O-])[C@H]([O-])C(CC(C[O-])C(O)CO)[C@@H]1[O-].[Hf+4].[Hf+4].[Hf+4].